The fourth-order valence-corrected chi connectivity index (χ4v) is 2.91. The van der Waals surface area contributed by atoms with Crippen LogP contribution in [0.25, 0.3) is 0 Å². The van der Waals surface area contributed by atoms with E-state index in [0.29, 0.717) is 0 Å². The van der Waals surface area contributed by atoms with Crippen LogP contribution in [0, 0.1) is 5.92 Å². The number of unbranched alkanes of at least 4 members (excludes halogenated alkanes) is 1. The molecule has 1 heterocycles. The Kier molecular flexibility index (Phi) is 5.67. The SMILES string of the molecule is CCCCC(CC)CN=C1NC(C)(C)CS1. The van der Waals surface area contributed by atoms with Crippen molar-refractivity contribution in [2.75, 3.05) is 12.3 Å². The molecule has 2 nitrogen and oxygen atoms in total. The van der Waals surface area contributed by atoms with Crippen LogP contribution in [-0.2, 0) is 0 Å². The summed E-state index contributed by atoms with van der Waals surface area (Å²) < 4.78 is 0. The molecule has 0 radical (unpaired) electrons. The van der Waals surface area contributed by atoms with Crippen LogP contribution in [0.4, 0.5) is 0 Å². The van der Waals surface area contributed by atoms with E-state index in [0.717, 1.165) is 23.4 Å². The Hall–Kier alpha value is -0.180. The van der Waals surface area contributed by atoms with Gasteiger partial charge >= 0.3 is 0 Å². The van der Waals surface area contributed by atoms with Gasteiger partial charge in [-0.25, -0.2) is 0 Å². The molecule has 0 aromatic rings. The lowest BCUT2D eigenvalue weighted by Crippen LogP contribution is -2.37. The van der Waals surface area contributed by atoms with Gasteiger partial charge in [-0.3, -0.25) is 4.99 Å². The number of nitrogens with zero attached hydrogens (tertiary/aromatic N) is 1. The van der Waals surface area contributed by atoms with E-state index in [9.17, 15) is 0 Å². The van der Waals surface area contributed by atoms with Crippen LogP contribution < -0.4 is 5.32 Å². The largest absolute Gasteiger partial charge is 0.359 e. The Morgan fingerprint density at radius 3 is 2.69 bits per heavy atom. The summed E-state index contributed by atoms with van der Waals surface area (Å²) in [7, 11) is 0. The molecule has 1 aliphatic rings. The molecule has 94 valence electrons. The summed E-state index contributed by atoms with van der Waals surface area (Å²) in [6.45, 7) is 10.0. The predicted octanol–water partition coefficient (Wildman–Crippen LogP) is 3.67. The molecule has 0 spiro atoms. The number of amidine groups is 1. The summed E-state index contributed by atoms with van der Waals surface area (Å²) in [5.41, 5.74) is 0.231. The molecule has 1 aliphatic heterocycles. The Bertz CT molecular complexity index is 236. The monoisotopic (exact) mass is 242 g/mol. The van der Waals surface area contributed by atoms with Gasteiger partial charge in [0.1, 0.15) is 0 Å². The van der Waals surface area contributed by atoms with Gasteiger partial charge in [0.2, 0.25) is 0 Å². The highest BCUT2D eigenvalue weighted by Gasteiger charge is 2.27. The topological polar surface area (TPSA) is 24.4 Å². The van der Waals surface area contributed by atoms with Crippen molar-refractivity contribution in [3.05, 3.63) is 0 Å². The minimum atomic E-state index is 0.231. The lowest BCUT2D eigenvalue weighted by atomic mass is 10.00. The lowest BCUT2D eigenvalue weighted by molar-refractivity contribution is 0.461. The van der Waals surface area contributed by atoms with Gasteiger partial charge in [0.15, 0.2) is 5.17 Å². The van der Waals surface area contributed by atoms with Gasteiger partial charge in [-0.05, 0) is 26.2 Å². The zero-order valence-electron chi connectivity index (χ0n) is 11.2. The van der Waals surface area contributed by atoms with Crippen molar-refractivity contribution in [3.63, 3.8) is 0 Å². The second-order valence-electron chi connectivity index (χ2n) is 5.36. The number of hydrogen-bond acceptors (Lipinski definition) is 2. The van der Waals surface area contributed by atoms with Gasteiger partial charge in [0, 0.05) is 17.8 Å². The van der Waals surface area contributed by atoms with Gasteiger partial charge in [0.05, 0.1) is 0 Å². The van der Waals surface area contributed by atoms with Gasteiger partial charge < -0.3 is 5.32 Å². The van der Waals surface area contributed by atoms with E-state index < -0.39 is 0 Å². The minimum Gasteiger partial charge on any atom is -0.359 e. The van der Waals surface area contributed by atoms with Crippen LogP contribution in [-0.4, -0.2) is 23.0 Å². The first-order chi connectivity index (χ1) is 7.57. The smallest absolute Gasteiger partial charge is 0.157 e. The molecule has 0 saturated carbocycles. The molecular weight excluding hydrogens is 216 g/mol. The number of rotatable bonds is 6. The van der Waals surface area contributed by atoms with Crippen molar-refractivity contribution in [3.8, 4) is 0 Å². The molecule has 0 amide bonds. The Labute approximate surface area is 105 Å². The molecule has 0 aliphatic carbocycles. The van der Waals surface area contributed by atoms with Crippen LogP contribution in [0.2, 0.25) is 0 Å². The fraction of sp³-hybridized carbons (Fsp3) is 0.923. The van der Waals surface area contributed by atoms with Crippen LogP contribution in [0.3, 0.4) is 0 Å². The molecule has 0 aromatic heterocycles. The highest BCUT2D eigenvalue weighted by atomic mass is 32.2. The van der Waals surface area contributed by atoms with Crippen molar-refractivity contribution in [1.82, 2.24) is 5.32 Å². The molecule has 1 atom stereocenters. The molecular formula is C13H26N2S. The molecule has 16 heavy (non-hydrogen) atoms. The minimum absolute atomic E-state index is 0.231. The van der Waals surface area contributed by atoms with Gasteiger partial charge in [-0.15, -0.1) is 0 Å². The highest BCUT2D eigenvalue weighted by molar-refractivity contribution is 8.14. The standard InChI is InChI=1S/C13H26N2S/c1-5-7-8-11(6-2)9-14-12-15-13(3,4)10-16-12/h11H,5-10H2,1-4H3,(H,14,15). The van der Waals surface area contributed by atoms with Crippen molar-refractivity contribution >= 4 is 16.9 Å². The first kappa shape index (κ1) is 13.9. The highest BCUT2D eigenvalue weighted by Crippen LogP contribution is 2.22. The Morgan fingerprint density at radius 2 is 2.19 bits per heavy atom. The molecule has 1 fully saturated rings. The zero-order valence-corrected chi connectivity index (χ0v) is 12.0. The maximum Gasteiger partial charge on any atom is 0.157 e. The third-order valence-electron chi connectivity index (χ3n) is 3.05. The fourth-order valence-electron chi connectivity index (χ4n) is 1.82. The number of aliphatic imine (C=N–C) groups is 1. The molecule has 1 N–H and O–H groups in total. The van der Waals surface area contributed by atoms with E-state index in [1.165, 1.54) is 25.7 Å². The van der Waals surface area contributed by atoms with Gasteiger partial charge in [-0.2, -0.15) is 0 Å². The number of thioether (sulfide) groups is 1. The lowest BCUT2D eigenvalue weighted by Gasteiger charge is -2.16. The molecule has 1 saturated heterocycles. The van der Waals surface area contributed by atoms with E-state index in [4.69, 9.17) is 4.99 Å². The van der Waals surface area contributed by atoms with E-state index in [1.807, 2.05) is 11.8 Å². The first-order valence-corrected chi connectivity index (χ1v) is 7.51. The van der Waals surface area contributed by atoms with Crippen molar-refractivity contribution < 1.29 is 0 Å². The zero-order chi connectivity index (χ0) is 12.0. The van der Waals surface area contributed by atoms with Crippen molar-refractivity contribution in [2.45, 2.75) is 58.9 Å². The van der Waals surface area contributed by atoms with Crippen LogP contribution in [0.1, 0.15) is 53.4 Å². The van der Waals surface area contributed by atoms with E-state index in [2.05, 4.69) is 33.0 Å². The Morgan fingerprint density at radius 1 is 1.44 bits per heavy atom. The van der Waals surface area contributed by atoms with E-state index in [1.54, 1.807) is 0 Å². The summed E-state index contributed by atoms with van der Waals surface area (Å²) >= 11 is 1.86. The summed E-state index contributed by atoms with van der Waals surface area (Å²) in [5, 5.41) is 4.63. The second kappa shape index (κ2) is 6.53. The molecule has 0 bridgehead atoms. The average molecular weight is 242 g/mol. The third-order valence-corrected chi connectivity index (χ3v) is 4.42. The average Bonchev–Trinajstić information content (AvgIpc) is 2.59. The third kappa shape index (κ3) is 4.77. The molecule has 0 aromatic carbocycles. The number of hydrogen-bond donors (Lipinski definition) is 1. The van der Waals surface area contributed by atoms with Crippen molar-refractivity contribution in [2.24, 2.45) is 10.9 Å². The quantitative estimate of drug-likeness (QED) is 0.768. The predicted molar refractivity (Wildman–Crippen MR) is 75.3 cm³/mol. The normalized spacial score (nSPS) is 23.4. The second-order valence-corrected chi connectivity index (χ2v) is 6.32. The summed E-state index contributed by atoms with van der Waals surface area (Å²) in [6.07, 6.45) is 5.23. The first-order valence-electron chi connectivity index (χ1n) is 6.53. The maximum absolute atomic E-state index is 4.71. The van der Waals surface area contributed by atoms with Crippen LogP contribution in [0.5, 0.6) is 0 Å². The van der Waals surface area contributed by atoms with Crippen LogP contribution in [0.15, 0.2) is 4.99 Å². The van der Waals surface area contributed by atoms with Gasteiger partial charge in [-0.1, -0.05) is 44.9 Å². The van der Waals surface area contributed by atoms with Crippen molar-refractivity contribution in [1.29, 1.82) is 0 Å². The van der Waals surface area contributed by atoms with Gasteiger partial charge in [0.25, 0.3) is 0 Å². The summed E-state index contributed by atoms with van der Waals surface area (Å²) in [5.74, 6) is 1.91. The number of nitrogens with one attached hydrogen (secondary N) is 1. The molecule has 1 unspecified atom stereocenters. The van der Waals surface area contributed by atoms with E-state index >= 15 is 0 Å². The Balaban J connectivity index is 2.34. The van der Waals surface area contributed by atoms with Crippen LogP contribution >= 0.6 is 11.8 Å². The maximum atomic E-state index is 4.71. The summed E-state index contributed by atoms with van der Waals surface area (Å²) in [4.78, 5) is 4.71. The molecule has 1 rings (SSSR count). The molecule has 3 heteroatoms. The summed E-state index contributed by atoms with van der Waals surface area (Å²) in [6, 6.07) is 0. The van der Waals surface area contributed by atoms with E-state index in [-0.39, 0.29) is 5.54 Å².